The second kappa shape index (κ2) is 5.23. The third-order valence-corrected chi connectivity index (χ3v) is 3.59. The van der Waals surface area contributed by atoms with Crippen LogP contribution in [0.3, 0.4) is 0 Å². The summed E-state index contributed by atoms with van der Waals surface area (Å²) in [5, 5.41) is 18.1. The van der Waals surface area contributed by atoms with Gasteiger partial charge in [0.15, 0.2) is 0 Å². The summed E-state index contributed by atoms with van der Waals surface area (Å²) in [5.41, 5.74) is 0.771. The van der Waals surface area contributed by atoms with Crippen LogP contribution in [0.1, 0.15) is 5.56 Å². The van der Waals surface area contributed by atoms with Crippen molar-refractivity contribution < 1.29 is 23.4 Å². The van der Waals surface area contributed by atoms with Gasteiger partial charge >= 0.3 is 16.2 Å². The number of aromatic hydroxyl groups is 1. The number of hydrogen-bond acceptors (Lipinski definition) is 4. The van der Waals surface area contributed by atoms with Gasteiger partial charge < -0.3 is 10.2 Å². The first kappa shape index (κ1) is 14.3. The van der Waals surface area contributed by atoms with Gasteiger partial charge in [-0.3, -0.25) is 9.52 Å². The Morgan fingerprint density at radius 2 is 2.06 bits per heavy atom. The fraction of sp³-hybridized carbons (Fsp3) is 0.300. The summed E-state index contributed by atoms with van der Waals surface area (Å²) in [6, 6.07) is 4.42. The highest BCUT2D eigenvalue weighted by molar-refractivity contribution is 7.90. The van der Waals surface area contributed by atoms with Gasteiger partial charge in [-0.15, -0.1) is 0 Å². The summed E-state index contributed by atoms with van der Waals surface area (Å²) in [4.78, 5) is 10.4. The molecule has 100 valence electrons. The van der Waals surface area contributed by atoms with Crippen LogP contribution < -0.4 is 4.72 Å². The summed E-state index contributed by atoms with van der Waals surface area (Å²) in [6.07, 6.45) is 0. The molecule has 1 rings (SSSR count). The van der Waals surface area contributed by atoms with Gasteiger partial charge in [-0.05, 0) is 24.6 Å². The standard InChI is InChI=1S/C10H14N2O5S/c1-7-3-4-8(9(13)5-7)11-18(16,17)12(2)6-10(14)15/h3-5,11,13H,6H2,1-2H3,(H,14,15). The molecule has 0 bridgehead atoms. The van der Waals surface area contributed by atoms with E-state index < -0.39 is 22.7 Å². The number of rotatable bonds is 5. The molecule has 8 heteroatoms. The number of nitrogens with zero attached hydrogens (tertiary/aromatic N) is 1. The van der Waals surface area contributed by atoms with Crippen molar-refractivity contribution in [3.63, 3.8) is 0 Å². The van der Waals surface area contributed by atoms with Gasteiger partial charge in [0.25, 0.3) is 0 Å². The highest BCUT2D eigenvalue weighted by Crippen LogP contribution is 2.25. The van der Waals surface area contributed by atoms with E-state index in [4.69, 9.17) is 5.11 Å². The highest BCUT2D eigenvalue weighted by atomic mass is 32.2. The Morgan fingerprint density at radius 3 is 2.56 bits per heavy atom. The van der Waals surface area contributed by atoms with E-state index in [0.717, 1.165) is 12.6 Å². The molecule has 3 N–H and O–H groups in total. The monoisotopic (exact) mass is 274 g/mol. The summed E-state index contributed by atoms with van der Waals surface area (Å²) < 4.78 is 26.2. The van der Waals surface area contributed by atoms with Crippen LogP contribution >= 0.6 is 0 Å². The first-order valence-electron chi connectivity index (χ1n) is 4.98. The van der Waals surface area contributed by atoms with E-state index in [-0.39, 0.29) is 11.4 Å². The molecule has 0 atom stereocenters. The molecule has 0 aliphatic heterocycles. The molecular weight excluding hydrogens is 260 g/mol. The average Bonchev–Trinajstić information content (AvgIpc) is 2.21. The lowest BCUT2D eigenvalue weighted by atomic mass is 10.2. The van der Waals surface area contributed by atoms with Crippen molar-refractivity contribution in [2.45, 2.75) is 6.92 Å². The van der Waals surface area contributed by atoms with Crippen molar-refractivity contribution in [2.24, 2.45) is 0 Å². The van der Waals surface area contributed by atoms with Gasteiger partial charge in [0.2, 0.25) is 0 Å². The Bertz CT molecular complexity index is 555. The number of benzene rings is 1. The van der Waals surface area contributed by atoms with E-state index in [2.05, 4.69) is 4.72 Å². The predicted octanol–water partition coefficient (Wildman–Crippen LogP) is 0.374. The minimum Gasteiger partial charge on any atom is -0.506 e. The number of aliphatic carboxylic acids is 1. The molecule has 1 aromatic carbocycles. The van der Waals surface area contributed by atoms with Crippen molar-refractivity contribution in [1.82, 2.24) is 4.31 Å². The molecule has 18 heavy (non-hydrogen) atoms. The molecule has 0 heterocycles. The zero-order valence-electron chi connectivity index (χ0n) is 9.91. The fourth-order valence-electron chi connectivity index (χ4n) is 1.22. The number of nitrogens with one attached hydrogen (secondary N) is 1. The van der Waals surface area contributed by atoms with Crippen molar-refractivity contribution >= 4 is 21.9 Å². The largest absolute Gasteiger partial charge is 0.506 e. The van der Waals surface area contributed by atoms with E-state index in [0.29, 0.717) is 4.31 Å². The van der Waals surface area contributed by atoms with E-state index in [1.807, 2.05) is 0 Å². The second-order valence-corrected chi connectivity index (χ2v) is 5.56. The number of hydrogen-bond donors (Lipinski definition) is 3. The Balaban J connectivity index is 2.92. The maximum atomic E-state index is 11.7. The SMILES string of the molecule is Cc1ccc(NS(=O)(=O)N(C)CC(=O)O)c(O)c1. The summed E-state index contributed by atoms with van der Waals surface area (Å²) in [5.74, 6) is -1.49. The van der Waals surface area contributed by atoms with E-state index in [9.17, 15) is 18.3 Å². The maximum absolute atomic E-state index is 11.7. The van der Waals surface area contributed by atoms with Crippen molar-refractivity contribution in [2.75, 3.05) is 18.3 Å². The molecular formula is C10H14N2O5S. The first-order chi connectivity index (χ1) is 8.22. The van der Waals surface area contributed by atoms with Gasteiger partial charge in [0.1, 0.15) is 12.3 Å². The first-order valence-corrected chi connectivity index (χ1v) is 6.42. The zero-order valence-corrected chi connectivity index (χ0v) is 10.7. The van der Waals surface area contributed by atoms with Crippen LogP contribution in [0.5, 0.6) is 5.75 Å². The number of aryl methyl sites for hydroxylation is 1. The van der Waals surface area contributed by atoms with Crippen LogP contribution in [-0.2, 0) is 15.0 Å². The Kier molecular flexibility index (Phi) is 4.15. The quantitative estimate of drug-likeness (QED) is 0.673. The molecule has 0 aliphatic rings. The number of carboxylic acids is 1. The minimum atomic E-state index is -4.00. The third-order valence-electron chi connectivity index (χ3n) is 2.16. The number of anilines is 1. The molecule has 0 aromatic heterocycles. The van der Waals surface area contributed by atoms with Gasteiger partial charge in [-0.25, -0.2) is 0 Å². The second-order valence-electron chi connectivity index (χ2n) is 3.78. The molecule has 0 unspecified atom stereocenters. The van der Waals surface area contributed by atoms with Crippen LogP contribution in [0, 0.1) is 6.92 Å². The van der Waals surface area contributed by atoms with Crippen molar-refractivity contribution in [1.29, 1.82) is 0 Å². The van der Waals surface area contributed by atoms with Crippen molar-refractivity contribution in [3.8, 4) is 5.75 Å². The van der Waals surface area contributed by atoms with Gasteiger partial charge in [-0.2, -0.15) is 12.7 Å². The molecule has 0 saturated carbocycles. The Hall–Kier alpha value is -1.80. The van der Waals surface area contributed by atoms with Gasteiger partial charge in [0.05, 0.1) is 5.69 Å². The van der Waals surface area contributed by atoms with Crippen LogP contribution in [0.2, 0.25) is 0 Å². The normalized spacial score (nSPS) is 11.5. The fourth-order valence-corrected chi connectivity index (χ4v) is 2.11. The van der Waals surface area contributed by atoms with Gasteiger partial charge in [-0.1, -0.05) is 6.07 Å². The predicted molar refractivity (Wildman–Crippen MR) is 65.7 cm³/mol. The lowest BCUT2D eigenvalue weighted by Crippen LogP contribution is -2.36. The van der Waals surface area contributed by atoms with Crippen LogP contribution in [0.4, 0.5) is 5.69 Å². The van der Waals surface area contributed by atoms with E-state index in [1.54, 1.807) is 13.0 Å². The smallest absolute Gasteiger partial charge is 0.318 e. The van der Waals surface area contributed by atoms with Gasteiger partial charge in [0, 0.05) is 7.05 Å². The topological polar surface area (TPSA) is 107 Å². The molecule has 0 fully saturated rings. The van der Waals surface area contributed by atoms with E-state index >= 15 is 0 Å². The Labute approximate surface area is 105 Å². The summed E-state index contributed by atoms with van der Waals surface area (Å²) in [6.45, 7) is 1.08. The summed E-state index contributed by atoms with van der Waals surface area (Å²) >= 11 is 0. The minimum absolute atomic E-state index is 0.00200. The van der Waals surface area contributed by atoms with Crippen LogP contribution in [0.25, 0.3) is 0 Å². The van der Waals surface area contributed by atoms with E-state index in [1.165, 1.54) is 12.1 Å². The zero-order chi connectivity index (χ0) is 13.9. The lowest BCUT2D eigenvalue weighted by molar-refractivity contribution is -0.137. The Morgan fingerprint density at radius 1 is 1.44 bits per heavy atom. The molecule has 0 radical (unpaired) electrons. The van der Waals surface area contributed by atoms with Crippen LogP contribution in [-0.4, -0.2) is 42.5 Å². The number of carboxylic acid groups (broad SMARTS) is 1. The number of phenolic OH excluding ortho intramolecular Hbond substituents is 1. The lowest BCUT2D eigenvalue weighted by Gasteiger charge is -2.17. The molecule has 0 aliphatic carbocycles. The number of likely N-dealkylation sites (N-methyl/N-ethyl adjacent to an activating group) is 1. The summed E-state index contributed by atoms with van der Waals surface area (Å²) in [7, 11) is -2.87. The third kappa shape index (κ3) is 3.60. The molecule has 0 saturated heterocycles. The maximum Gasteiger partial charge on any atom is 0.318 e. The number of carbonyl (C=O) groups is 1. The highest BCUT2D eigenvalue weighted by Gasteiger charge is 2.21. The van der Waals surface area contributed by atoms with Crippen molar-refractivity contribution in [3.05, 3.63) is 23.8 Å². The molecule has 0 amide bonds. The molecule has 1 aromatic rings. The number of phenols is 1. The molecule has 0 spiro atoms. The molecule has 7 nitrogen and oxygen atoms in total. The average molecular weight is 274 g/mol. The van der Waals surface area contributed by atoms with Crippen LogP contribution in [0.15, 0.2) is 18.2 Å².